The Morgan fingerprint density at radius 1 is 1.22 bits per heavy atom. The Labute approximate surface area is 185 Å². The van der Waals surface area contributed by atoms with Crippen LogP contribution in [0.5, 0.6) is 28.7 Å². The average Bonchev–Trinajstić information content (AvgIpc) is 3.29. The number of aromatic hydroxyl groups is 1. The number of carbonyl (C=O) groups excluding carboxylic acids is 2. The van der Waals surface area contributed by atoms with Gasteiger partial charge in [0.15, 0.2) is 23.0 Å². The third-order valence-corrected chi connectivity index (χ3v) is 5.54. The molecule has 2 aliphatic rings. The minimum atomic E-state index is -0.325. The van der Waals surface area contributed by atoms with E-state index in [-0.39, 0.29) is 42.2 Å². The van der Waals surface area contributed by atoms with Crippen LogP contribution in [-0.2, 0) is 17.8 Å². The van der Waals surface area contributed by atoms with Crippen LogP contribution in [0.3, 0.4) is 0 Å². The van der Waals surface area contributed by atoms with Gasteiger partial charge in [-0.05, 0) is 35.8 Å². The van der Waals surface area contributed by atoms with Crippen LogP contribution >= 0.6 is 0 Å². The van der Waals surface area contributed by atoms with Crippen LogP contribution in [0.4, 0.5) is 0 Å². The molecule has 0 aromatic heterocycles. The predicted molar refractivity (Wildman–Crippen MR) is 115 cm³/mol. The smallest absolute Gasteiger partial charge is 0.257 e. The molecule has 2 aliphatic heterocycles. The molecule has 0 aliphatic carbocycles. The number of ether oxygens (including phenoxy) is 4. The van der Waals surface area contributed by atoms with Crippen molar-refractivity contribution in [2.75, 3.05) is 34.6 Å². The summed E-state index contributed by atoms with van der Waals surface area (Å²) >= 11 is 0. The standard InChI is InChI=1S/C23H24N2O7/c1-25-9-8-14-15(21-22(32-12-31-21)20(27)19(14)23(25)28)11-24-18(26)7-5-13-4-6-16(29-2)17(10-13)30-3/h4-7,10,27H,8-9,11-12H2,1-3H3,(H,24,26)/b7-5+. The minimum absolute atomic E-state index is 0.0596. The molecule has 9 heteroatoms. The van der Waals surface area contributed by atoms with E-state index in [1.165, 1.54) is 6.08 Å². The zero-order valence-electron chi connectivity index (χ0n) is 18.1. The first-order valence-electron chi connectivity index (χ1n) is 10.0. The Morgan fingerprint density at radius 3 is 2.72 bits per heavy atom. The maximum atomic E-state index is 12.6. The lowest BCUT2D eigenvalue weighted by Crippen LogP contribution is -2.35. The number of rotatable bonds is 6. The van der Waals surface area contributed by atoms with E-state index in [1.807, 2.05) is 6.07 Å². The summed E-state index contributed by atoms with van der Waals surface area (Å²) in [5, 5.41) is 13.4. The number of benzene rings is 2. The number of nitrogens with one attached hydrogen (secondary N) is 1. The molecule has 4 rings (SSSR count). The maximum Gasteiger partial charge on any atom is 0.257 e. The number of likely N-dealkylation sites (N-methyl/N-ethyl adjacent to an activating group) is 1. The van der Waals surface area contributed by atoms with E-state index in [2.05, 4.69) is 5.32 Å². The lowest BCUT2D eigenvalue weighted by Gasteiger charge is -2.28. The molecule has 0 saturated carbocycles. The molecule has 0 spiro atoms. The molecule has 9 nitrogen and oxygen atoms in total. The third kappa shape index (κ3) is 3.77. The fourth-order valence-electron chi connectivity index (χ4n) is 3.85. The van der Waals surface area contributed by atoms with Gasteiger partial charge in [-0.1, -0.05) is 6.07 Å². The Bertz CT molecular complexity index is 1110. The summed E-state index contributed by atoms with van der Waals surface area (Å²) in [5.41, 5.74) is 2.28. The van der Waals surface area contributed by atoms with Crippen molar-refractivity contribution in [2.24, 2.45) is 0 Å². The Hall–Kier alpha value is -3.88. The summed E-state index contributed by atoms with van der Waals surface area (Å²) in [4.78, 5) is 26.6. The van der Waals surface area contributed by atoms with Gasteiger partial charge in [-0.2, -0.15) is 0 Å². The normalized spacial score (nSPS) is 14.5. The maximum absolute atomic E-state index is 12.6. The molecular formula is C23H24N2O7. The lowest BCUT2D eigenvalue weighted by atomic mass is 9.91. The summed E-state index contributed by atoms with van der Waals surface area (Å²) < 4.78 is 21.4. The largest absolute Gasteiger partial charge is 0.504 e. The van der Waals surface area contributed by atoms with Crippen molar-refractivity contribution in [3.63, 3.8) is 0 Å². The molecule has 0 bridgehead atoms. The van der Waals surface area contributed by atoms with Crippen LogP contribution < -0.4 is 24.3 Å². The number of hydrogen-bond donors (Lipinski definition) is 2. The summed E-state index contributed by atoms with van der Waals surface area (Å²) in [5.74, 6) is 0.833. The van der Waals surface area contributed by atoms with Crippen LogP contribution in [0.1, 0.15) is 27.0 Å². The van der Waals surface area contributed by atoms with Gasteiger partial charge in [0, 0.05) is 31.8 Å². The summed E-state index contributed by atoms with van der Waals surface area (Å²) in [6.07, 6.45) is 3.60. The van der Waals surface area contributed by atoms with Crippen molar-refractivity contribution in [3.8, 4) is 28.7 Å². The first-order valence-corrected chi connectivity index (χ1v) is 10.0. The van der Waals surface area contributed by atoms with Crippen molar-refractivity contribution < 1.29 is 33.6 Å². The Balaban J connectivity index is 1.54. The number of phenolic OH excluding ortho intramolecular Hbond substituents is 1. The van der Waals surface area contributed by atoms with E-state index in [0.29, 0.717) is 41.3 Å². The minimum Gasteiger partial charge on any atom is -0.504 e. The quantitative estimate of drug-likeness (QED) is 0.663. The fraction of sp³-hybridized carbons (Fsp3) is 0.304. The van der Waals surface area contributed by atoms with E-state index < -0.39 is 0 Å². The lowest BCUT2D eigenvalue weighted by molar-refractivity contribution is -0.116. The van der Waals surface area contributed by atoms with Crippen LogP contribution in [0.15, 0.2) is 24.3 Å². The highest BCUT2D eigenvalue weighted by Gasteiger charge is 2.35. The molecule has 2 amide bonds. The van der Waals surface area contributed by atoms with Crippen molar-refractivity contribution in [1.82, 2.24) is 10.2 Å². The van der Waals surface area contributed by atoms with Crippen LogP contribution in [0.25, 0.3) is 6.08 Å². The zero-order chi connectivity index (χ0) is 22.8. The number of methoxy groups -OCH3 is 2. The van der Waals surface area contributed by atoms with Crippen molar-refractivity contribution in [3.05, 3.63) is 46.5 Å². The second-order valence-corrected chi connectivity index (χ2v) is 7.39. The molecule has 32 heavy (non-hydrogen) atoms. The Kier molecular flexibility index (Phi) is 5.81. The number of phenols is 1. The Morgan fingerprint density at radius 2 is 1.97 bits per heavy atom. The molecule has 2 N–H and O–H groups in total. The highest BCUT2D eigenvalue weighted by Crippen LogP contribution is 2.48. The molecule has 0 saturated heterocycles. The highest BCUT2D eigenvalue weighted by molar-refractivity contribution is 6.01. The van der Waals surface area contributed by atoms with E-state index in [1.54, 1.807) is 44.4 Å². The molecule has 2 aromatic rings. The number of nitrogens with zero attached hydrogens (tertiary/aromatic N) is 1. The number of amides is 2. The van der Waals surface area contributed by atoms with Gasteiger partial charge in [0.1, 0.15) is 0 Å². The average molecular weight is 440 g/mol. The molecule has 0 unspecified atom stereocenters. The fourth-order valence-corrected chi connectivity index (χ4v) is 3.85. The van der Waals surface area contributed by atoms with E-state index in [0.717, 1.165) is 5.56 Å². The van der Waals surface area contributed by atoms with E-state index in [9.17, 15) is 14.7 Å². The number of carbonyl (C=O) groups is 2. The van der Waals surface area contributed by atoms with Gasteiger partial charge < -0.3 is 34.3 Å². The second kappa shape index (κ2) is 8.70. The SMILES string of the molecule is COc1ccc(/C=C/C(=O)NCc2c3c(c(O)c4c2OCO4)C(=O)N(C)CC3)cc1OC. The zero-order valence-corrected chi connectivity index (χ0v) is 18.1. The van der Waals surface area contributed by atoms with Crippen molar-refractivity contribution >= 4 is 17.9 Å². The van der Waals surface area contributed by atoms with Crippen molar-refractivity contribution in [2.45, 2.75) is 13.0 Å². The van der Waals surface area contributed by atoms with E-state index in [4.69, 9.17) is 18.9 Å². The highest BCUT2D eigenvalue weighted by atomic mass is 16.7. The number of fused-ring (bicyclic) bond motifs is 2. The third-order valence-electron chi connectivity index (χ3n) is 5.54. The topological polar surface area (TPSA) is 107 Å². The van der Waals surface area contributed by atoms with Crippen LogP contribution in [0.2, 0.25) is 0 Å². The van der Waals surface area contributed by atoms with E-state index >= 15 is 0 Å². The van der Waals surface area contributed by atoms with Gasteiger partial charge >= 0.3 is 0 Å². The van der Waals surface area contributed by atoms with Gasteiger partial charge in [-0.15, -0.1) is 0 Å². The molecule has 168 valence electrons. The molecular weight excluding hydrogens is 416 g/mol. The van der Waals surface area contributed by atoms with Gasteiger partial charge in [0.25, 0.3) is 5.91 Å². The van der Waals surface area contributed by atoms with Crippen LogP contribution in [0, 0.1) is 0 Å². The monoisotopic (exact) mass is 440 g/mol. The predicted octanol–water partition coefficient (Wildman–Crippen LogP) is 2.10. The first kappa shape index (κ1) is 21.4. The summed E-state index contributed by atoms with van der Waals surface area (Å²) in [6.45, 7) is 0.571. The van der Waals surface area contributed by atoms with Gasteiger partial charge in [0.05, 0.1) is 19.8 Å². The molecule has 0 atom stereocenters. The summed E-state index contributed by atoms with van der Waals surface area (Å²) in [7, 11) is 4.78. The molecule has 0 radical (unpaired) electrons. The van der Waals surface area contributed by atoms with Gasteiger partial charge in [-0.3, -0.25) is 9.59 Å². The second-order valence-electron chi connectivity index (χ2n) is 7.39. The number of hydrogen-bond acceptors (Lipinski definition) is 7. The molecule has 0 fully saturated rings. The van der Waals surface area contributed by atoms with Crippen molar-refractivity contribution in [1.29, 1.82) is 0 Å². The van der Waals surface area contributed by atoms with Gasteiger partial charge in [-0.25, -0.2) is 0 Å². The molecule has 2 heterocycles. The van der Waals surface area contributed by atoms with Gasteiger partial charge in [0.2, 0.25) is 18.4 Å². The summed E-state index contributed by atoms with van der Waals surface area (Å²) in [6, 6.07) is 5.33. The first-order chi connectivity index (χ1) is 15.4. The van der Waals surface area contributed by atoms with Crippen LogP contribution in [-0.4, -0.2) is 56.4 Å². The molecule has 2 aromatic carbocycles.